The summed E-state index contributed by atoms with van der Waals surface area (Å²) in [7, 11) is 1.65. The van der Waals surface area contributed by atoms with Gasteiger partial charge in [0.2, 0.25) is 0 Å². The third kappa shape index (κ3) is 2.64. The SMILES string of the molecule is [2H]c1cc(C2=C(C)C=CN(c3nc(C)cs3)C2)c(OC)c(C)n1. The number of methoxy groups -OCH3 is 1. The van der Waals surface area contributed by atoms with Crippen LogP contribution in [0.15, 0.2) is 35.5 Å². The Morgan fingerprint density at radius 3 is 2.86 bits per heavy atom. The fraction of sp³-hybridized carbons (Fsp3) is 0.294. The molecular formula is C17H19N3OS. The molecule has 0 unspecified atom stereocenters. The maximum Gasteiger partial charge on any atom is 0.189 e. The molecule has 0 atom stereocenters. The van der Waals surface area contributed by atoms with E-state index in [0.717, 1.165) is 39.0 Å². The minimum absolute atomic E-state index is 0.254. The highest BCUT2D eigenvalue weighted by molar-refractivity contribution is 7.13. The Hall–Kier alpha value is -2.14. The number of ether oxygens (including phenoxy) is 1. The minimum atomic E-state index is 0.254. The number of aromatic nitrogens is 2. The molecule has 0 bridgehead atoms. The van der Waals surface area contributed by atoms with Crippen molar-refractivity contribution in [1.29, 1.82) is 0 Å². The number of allylic oxidation sites excluding steroid dienone is 2. The molecule has 0 amide bonds. The average molecular weight is 314 g/mol. The molecule has 1 aliphatic rings. The second kappa shape index (κ2) is 5.93. The van der Waals surface area contributed by atoms with Crippen LogP contribution in [0.25, 0.3) is 5.57 Å². The highest BCUT2D eigenvalue weighted by Crippen LogP contribution is 2.34. The molecule has 0 N–H and O–H groups in total. The quantitative estimate of drug-likeness (QED) is 0.859. The maximum atomic E-state index is 7.92. The van der Waals surface area contributed by atoms with Crippen molar-refractivity contribution in [2.24, 2.45) is 0 Å². The highest BCUT2D eigenvalue weighted by Gasteiger charge is 2.20. The molecule has 0 spiro atoms. The zero-order valence-corrected chi connectivity index (χ0v) is 14.0. The van der Waals surface area contributed by atoms with E-state index in [1.807, 2.05) is 19.2 Å². The van der Waals surface area contributed by atoms with Crippen molar-refractivity contribution in [2.75, 3.05) is 18.6 Å². The van der Waals surface area contributed by atoms with Gasteiger partial charge < -0.3 is 9.64 Å². The summed E-state index contributed by atoms with van der Waals surface area (Å²) >= 11 is 1.63. The molecule has 2 aromatic rings. The van der Waals surface area contributed by atoms with E-state index >= 15 is 0 Å². The molecular weight excluding hydrogens is 294 g/mol. The van der Waals surface area contributed by atoms with Crippen molar-refractivity contribution in [3.05, 3.63) is 52.4 Å². The number of hydrogen-bond donors (Lipinski definition) is 0. The van der Waals surface area contributed by atoms with Crippen LogP contribution in [-0.2, 0) is 0 Å². The minimum Gasteiger partial charge on any atom is -0.494 e. The van der Waals surface area contributed by atoms with Gasteiger partial charge in [-0.1, -0.05) is 0 Å². The third-order valence-corrected chi connectivity index (χ3v) is 4.70. The molecule has 5 heteroatoms. The Morgan fingerprint density at radius 1 is 1.36 bits per heavy atom. The lowest BCUT2D eigenvalue weighted by atomic mass is 9.97. The zero-order valence-electron chi connectivity index (χ0n) is 14.2. The van der Waals surface area contributed by atoms with Crippen LogP contribution in [0.5, 0.6) is 5.75 Å². The Labute approximate surface area is 136 Å². The van der Waals surface area contributed by atoms with Crippen molar-refractivity contribution >= 4 is 22.0 Å². The van der Waals surface area contributed by atoms with Gasteiger partial charge in [-0.25, -0.2) is 4.98 Å². The van der Waals surface area contributed by atoms with Crippen molar-refractivity contribution < 1.29 is 6.11 Å². The number of anilines is 1. The largest absolute Gasteiger partial charge is 0.494 e. The van der Waals surface area contributed by atoms with Crippen molar-refractivity contribution in [1.82, 2.24) is 9.97 Å². The van der Waals surface area contributed by atoms with Crippen molar-refractivity contribution in [2.45, 2.75) is 20.8 Å². The van der Waals surface area contributed by atoms with Gasteiger partial charge in [0.1, 0.15) is 5.75 Å². The highest BCUT2D eigenvalue weighted by atomic mass is 32.1. The lowest BCUT2D eigenvalue weighted by molar-refractivity contribution is 0.408. The molecule has 114 valence electrons. The third-order valence-electron chi connectivity index (χ3n) is 3.71. The molecule has 3 heterocycles. The van der Waals surface area contributed by atoms with E-state index in [4.69, 9.17) is 6.11 Å². The van der Waals surface area contributed by atoms with Crippen LogP contribution in [0.4, 0.5) is 5.13 Å². The standard InChI is InChI=1S/C17H19N3OS/c1-11-6-8-20(17-19-12(2)10-22-17)9-15(11)14-5-7-18-13(3)16(14)21-4/h5-8,10H,9H2,1-4H3/i7D. The number of pyridine rings is 1. The first-order valence-corrected chi connectivity index (χ1v) is 7.97. The maximum absolute atomic E-state index is 7.92. The van der Waals surface area contributed by atoms with E-state index in [1.54, 1.807) is 24.5 Å². The molecule has 4 nitrogen and oxygen atoms in total. The van der Waals surface area contributed by atoms with Crippen LogP contribution in [0.1, 0.15) is 25.2 Å². The van der Waals surface area contributed by atoms with Gasteiger partial charge in [0, 0.05) is 23.3 Å². The summed E-state index contributed by atoms with van der Waals surface area (Å²) in [5.74, 6) is 0.737. The van der Waals surface area contributed by atoms with E-state index in [-0.39, 0.29) is 6.17 Å². The second-order valence-electron chi connectivity index (χ2n) is 5.29. The predicted molar refractivity (Wildman–Crippen MR) is 91.5 cm³/mol. The first kappa shape index (κ1) is 13.5. The first-order chi connectivity index (χ1) is 11.0. The van der Waals surface area contributed by atoms with Crippen LogP contribution in [0.2, 0.25) is 0 Å². The summed E-state index contributed by atoms with van der Waals surface area (Å²) in [6, 6.07) is 1.77. The van der Waals surface area contributed by atoms with Gasteiger partial charge in [-0.05, 0) is 44.1 Å². The van der Waals surface area contributed by atoms with Gasteiger partial charge in [-0.3, -0.25) is 4.98 Å². The van der Waals surface area contributed by atoms with Crippen LogP contribution >= 0.6 is 11.3 Å². The summed E-state index contributed by atoms with van der Waals surface area (Å²) < 4.78 is 13.5. The van der Waals surface area contributed by atoms with Crippen molar-refractivity contribution in [3.8, 4) is 5.75 Å². The monoisotopic (exact) mass is 314 g/mol. The molecule has 0 aliphatic carbocycles. The Kier molecular flexibility index (Phi) is 3.64. The Balaban J connectivity index is 2.04. The molecule has 0 radical (unpaired) electrons. The van der Waals surface area contributed by atoms with Crippen LogP contribution in [-0.4, -0.2) is 23.6 Å². The summed E-state index contributed by atoms with van der Waals surface area (Å²) in [6.07, 6.45) is 4.39. The molecule has 2 aromatic heterocycles. The normalized spacial score (nSPS) is 15.3. The first-order valence-electron chi connectivity index (χ1n) is 7.59. The summed E-state index contributed by atoms with van der Waals surface area (Å²) in [5.41, 5.74) is 5.00. The predicted octanol–water partition coefficient (Wildman–Crippen LogP) is 3.97. The van der Waals surface area contributed by atoms with E-state index in [0.29, 0.717) is 6.54 Å². The molecule has 0 saturated carbocycles. The molecule has 22 heavy (non-hydrogen) atoms. The Bertz CT molecular complexity index is 810. The van der Waals surface area contributed by atoms with E-state index in [1.165, 1.54) is 0 Å². The summed E-state index contributed by atoms with van der Waals surface area (Å²) in [4.78, 5) is 10.9. The fourth-order valence-electron chi connectivity index (χ4n) is 2.54. The summed E-state index contributed by atoms with van der Waals surface area (Å²) in [6.45, 7) is 6.65. The lowest BCUT2D eigenvalue weighted by Gasteiger charge is -2.26. The average Bonchev–Trinajstić information content (AvgIpc) is 2.93. The van der Waals surface area contributed by atoms with E-state index in [2.05, 4.69) is 34.1 Å². The smallest absolute Gasteiger partial charge is 0.189 e. The van der Waals surface area contributed by atoms with Crippen LogP contribution < -0.4 is 9.64 Å². The topological polar surface area (TPSA) is 38.2 Å². The molecule has 0 aromatic carbocycles. The Morgan fingerprint density at radius 2 is 2.18 bits per heavy atom. The second-order valence-corrected chi connectivity index (χ2v) is 6.13. The van der Waals surface area contributed by atoms with Crippen LogP contribution in [0, 0.1) is 13.8 Å². The van der Waals surface area contributed by atoms with Gasteiger partial charge in [-0.15, -0.1) is 11.3 Å². The van der Waals surface area contributed by atoms with Gasteiger partial charge in [-0.2, -0.15) is 0 Å². The number of hydrogen-bond acceptors (Lipinski definition) is 5. The number of nitrogens with zero attached hydrogens (tertiary/aromatic N) is 3. The van der Waals surface area contributed by atoms with E-state index in [9.17, 15) is 0 Å². The molecule has 0 saturated heterocycles. The molecule has 3 rings (SSSR count). The lowest BCUT2D eigenvalue weighted by Crippen LogP contribution is -2.22. The zero-order chi connectivity index (χ0) is 16.6. The van der Waals surface area contributed by atoms with Gasteiger partial charge in [0.25, 0.3) is 0 Å². The van der Waals surface area contributed by atoms with Crippen molar-refractivity contribution in [3.63, 3.8) is 0 Å². The van der Waals surface area contributed by atoms with Gasteiger partial charge in [0.05, 0.1) is 26.4 Å². The van der Waals surface area contributed by atoms with E-state index < -0.39 is 0 Å². The number of rotatable bonds is 3. The molecule has 1 aliphatic heterocycles. The summed E-state index contributed by atoms with van der Waals surface area (Å²) in [5, 5.41) is 3.02. The van der Waals surface area contributed by atoms with Crippen LogP contribution in [0.3, 0.4) is 0 Å². The van der Waals surface area contributed by atoms with Gasteiger partial charge in [0.15, 0.2) is 5.13 Å². The number of aryl methyl sites for hydroxylation is 2. The van der Waals surface area contributed by atoms with Gasteiger partial charge >= 0.3 is 0 Å². The number of thiazole rings is 1. The molecule has 0 fully saturated rings. The fourth-order valence-corrected chi connectivity index (χ4v) is 3.33.